The average molecular weight is 270 g/mol. The van der Waals surface area contributed by atoms with Crippen molar-refractivity contribution in [2.75, 3.05) is 11.5 Å². The third-order valence-corrected chi connectivity index (χ3v) is 6.16. The Kier molecular flexibility index (Phi) is 4.20. The molecule has 3 nitrogen and oxygen atoms in total. The molecule has 1 N–H and O–H groups in total. The van der Waals surface area contributed by atoms with Crippen LogP contribution in [0.25, 0.3) is 0 Å². The summed E-state index contributed by atoms with van der Waals surface area (Å²) in [5, 5.41) is 0.844. The summed E-state index contributed by atoms with van der Waals surface area (Å²) < 4.78 is 0. The first kappa shape index (κ1) is 13.0. The summed E-state index contributed by atoms with van der Waals surface area (Å²) in [5.41, 5.74) is 1.72. The molecule has 0 aliphatic carbocycles. The van der Waals surface area contributed by atoms with Crippen LogP contribution in [0.15, 0.2) is 4.79 Å². The highest BCUT2D eigenvalue weighted by molar-refractivity contribution is 8.06. The second-order valence-electron chi connectivity index (χ2n) is 4.24. The highest BCUT2D eigenvalue weighted by Gasteiger charge is 2.26. The summed E-state index contributed by atoms with van der Waals surface area (Å²) in [6.07, 6.45) is 0.821. The van der Waals surface area contributed by atoms with Gasteiger partial charge in [-0.2, -0.15) is 11.8 Å². The maximum atomic E-state index is 11.9. The number of thioether (sulfide) groups is 2. The average Bonchev–Trinajstić information content (AvgIpc) is 2.33. The summed E-state index contributed by atoms with van der Waals surface area (Å²) >= 11 is 3.87. The van der Waals surface area contributed by atoms with Crippen LogP contribution in [0, 0.1) is 6.92 Å². The molecule has 0 amide bonds. The van der Waals surface area contributed by atoms with Gasteiger partial charge in [-0.25, -0.2) is 4.98 Å². The normalized spacial score (nSPS) is 24.9. The minimum atomic E-state index is 0.0234. The molecule has 0 radical (unpaired) electrons. The molecule has 1 fully saturated rings. The van der Waals surface area contributed by atoms with E-state index in [9.17, 15) is 4.79 Å². The molecule has 5 heteroatoms. The van der Waals surface area contributed by atoms with E-state index in [2.05, 4.69) is 16.9 Å². The van der Waals surface area contributed by atoms with E-state index >= 15 is 0 Å². The lowest BCUT2D eigenvalue weighted by Gasteiger charge is -2.27. The van der Waals surface area contributed by atoms with Crippen molar-refractivity contribution in [2.24, 2.45) is 0 Å². The van der Waals surface area contributed by atoms with Crippen molar-refractivity contribution in [3.05, 3.63) is 27.4 Å². The minimum absolute atomic E-state index is 0.0234. The number of aromatic amines is 1. The van der Waals surface area contributed by atoms with Crippen LogP contribution in [0.3, 0.4) is 0 Å². The van der Waals surface area contributed by atoms with Crippen molar-refractivity contribution in [3.63, 3.8) is 0 Å². The van der Waals surface area contributed by atoms with Gasteiger partial charge in [0.25, 0.3) is 5.56 Å². The molecule has 1 saturated heterocycles. The first-order valence-electron chi connectivity index (χ1n) is 5.96. The summed E-state index contributed by atoms with van der Waals surface area (Å²) in [6, 6.07) is 0. The van der Waals surface area contributed by atoms with Crippen molar-refractivity contribution in [3.8, 4) is 0 Å². The zero-order chi connectivity index (χ0) is 12.4. The predicted molar refractivity (Wildman–Crippen MR) is 76.1 cm³/mol. The standard InChI is InChI=1S/C12H18N2OS2/c1-4-9-7(2)12(15)14-11(13-9)10-8(3)16-5-6-17-10/h8,10H,4-6H2,1-3H3,(H,13,14,15). The van der Waals surface area contributed by atoms with Gasteiger partial charge in [-0.1, -0.05) is 13.8 Å². The van der Waals surface area contributed by atoms with E-state index in [1.807, 2.05) is 37.4 Å². The number of aryl methyl sites for hydroxylation is 1. The molecule has 2 rings (SSSR count). The Balaban J connectivity index is 2.38. The molecule has 1 aromatic rings. The number of rotatable bonds is 2. The van der Waals surface area contributed by atoms with Gasteiger partial charge in [0.15, 0.2) is 0 Å². The fourth-order valence-electron chi connectivity index (χ4n) is 2.01. The second-order valence-corrected chi connectivity index (χ2v) is 6.98. The monoisotopic (exact) mass is 270 g/mol. The molecule has 2 unspecified atom stereocenters. The van der Waals surface area contributed by atoms with Crippen LogP contribution >= 0.6 is 23.5 Å². The third kappa shape index (κ3) is 2.71. The first-order chi connectivity index (χ1) is 8.13. The van der Waals surface area contributed by atoms with E-state index in [0.29, 0.717) is 10.5 Å². The Morgan fingerprint density at radius 2 is 2.12 bits per heavy atom. The zero-order valence-electron chi connectivity index (χ0n) is 10.4. The van der Waals surface area contributed by atoms with E-state index < -0.39 is 0 Å². The van der Waals surface area contributed by atoms with E-state index in [0.717, 1.165) is 29.3 Å². The summed E-state index contributed by atoms with van der Waals surface area (Å²) in [4.78, 5) is 19.4. The topological polar surface area (TPSA) is 45.8 Å². The van der Waals surface area contributed by atoms with E-state index in [1.165, 1.54) is 5.75 Å². The van der Waals surface area contributed by atoms with Crippen molar-refractivity contribution >= 4 is 23.5 Å². The number of hydrogen-bond donors (Lipinski definition) is 1. The van der Waals surface area contributed by atoms with Gasteiger partial charge in [-0.05, 0) is 13.3 Å². The fourth-order valence-corrected chi connectivity index (χ4v) is 4.72. The van der Waals surface area contributed by atoms with Crippen molar-refractivity contribution < 1.29 is 0 Å². The highest BCUT2D eigenvalue weighted by atomic mass is 32.2. The number of aromatic nitrogens is 2. The summed E-state index contributed by atoms with van der Waals surface area (Å²) in [6.45, 7) is 6.11. The first-order valence-corrected chi connectivity index (χ1v) is 8.06. The van der Waals surface area contributed by atoms with Crippen LogP contribution in [-0.2, 0) is 6.42 Å². The maximum Gasteiger partial charge on any atom is 0.254 e. The Labute approximate surface area is 110 Å². The van der Waals surface area contributed by atoms with Crippen LogP contribution in [0.2, 0.25) is 0 Å². The second kappa shape index (κ2) is 5.48. The van der Waals surface area contributed by atoms with Crippen LogP contribution in [0.5, 0.6) is 0 Å². The van der Waals surface area contributed by atoms with Gasteiger partial charge in [-0.15, -0.1) is 11.8 Å². The Hall–Kier alpha value is -0.420. The lowest BCUT2D eigenvalue weighted by atomic mass is 10.2. The molecule has 0 aromatic carbocycles. The Morgan fingerprint density at radius 3 is 2.76 bits per heavy atom. The summed E-state index contributed by atoms with van der Waals surface area (Å²) in [7, 11) is 0. The molecular weight excluding hydrogens is 252 g/mol. The molecule has 2 atom stereocenters. The largest absolute Gasteiger partial charge is 0.309 e. The quantitative estimate of drug-likeness (QED) is 0.897. The lowest BCUT2D eigenvalue weighted by molar-refractivity contribution is 0.786. The van der Waals surface area contributed by atoms with Crippen LogP contribution in [-0.4, -0.2) is 26.7 Å². The van der Waals surface area contributed by atoms with Gasteiger partial charge in [0, 0.05) is 22.3 Å². The lowest BCUT2D eigenvalue weighted by Crippen LogP contribution is -2.24. The van der Waals surface area contributed by atoms with E-state index in [-0.39, 0.29) is 5.56 Å². The molecule has 1 aliphatic rings. The minimum Gasteiger partial charge on any atom is -0.309 e. The molecule has 0 saturated carbocycles. The molecule has 2 heterocycles. The molecule has 17 heavy (non-hydrogen) atoms. The molecule has 0 spiro atoms. The van der Waals surface area contributed by atoms with Crippen LogP contribution in [0.4, 0.5) is 0 Å². The number of nitrogens with one attached hydrogen (secondary N) is 1. The molecule has 94 valence electrons. The predicted octanol–water partition coefficient (Wildman–Crippen LogP) is 2.55. The van der Waals surface area contributed by atoms with E-state index in [1.54, 1.807) is 0 Å². The maximum absolute atomic E-state index is 11.9. The van der Waals surface area contributed by atoms with Gasteiger partial charge in [-0.3, -0.25) is 4.79 Å². The zero-order valence-corrected chi connectivity index (χ0v) is 12.1. The SMILES string of the molecule is CCc1nc(C2SCCSC2C)[nH]c(=O)c1C. The van der Waals surface area contributed by atoms with Gasteiger partial charge < -0.3 is 4.98 Å². The fraction of sp³-hybridized carbons (Fsp3) is 0.667. The highest BCUT2D eigenvalue weighted by Crippen LogP contribution is 2.40. The van der Waals surface area contributed by atoms with Gasteiger partial charge in [0.05, 0.1) is 10.9 Å². The molecule has 0 bridgehead atoms. The third-order valence-electron chi connectivity index (χ3n) is 3.06. The van der Waals surface area contributed by atoms with Crippen molar-refractivity contribution in [1.82, 2.24) is 9.97 Å². The number of hydrogen-bond acceptors (Lipinski definition) is 4. The summed E-state index contributed by atoms with van der Waals surface area (Å²) in [5.74, 6) is 3.19. The Morgan fingerprint density at radius 1 is 1.41 bits per heavy atom. The smallest absolute Gasteiger partial charge is 0.254 e. The van der Waals surface area contributed by atoms with Crippen molar-refractivity contribution in [1.29, 1.82) is 0 Å². The molecule has 1 aromatic heterocycles. The Bertz CT molecular complexity index is 458. The van der Waals surface area contributed by atoms with Gasteiger partial charge in [0.2, 0.25) is 0 Å². The molecular formula is C12H18N2OS2. The number of nitrogens with zero attached hydrogens (tertiary/aromatic N) is 1. The van der Waals surface area contributed by atoms with Crippen LogP contribution < -0.4 is 5.56 Å². The van der Waals surface area contributed by atoms with Crippen molar-refractivity contribution in [2.45, 2.75) is 37.7 Å². The van der Waals surface area contributed by atoms with E-state index in [4.69, 9.17) is 0 Å². The molecule has 1 aliphatic heterocycles. The number of H-pyrrole nitrogens is 1. The van der Waals surface area contributed by atoms with Gasteiger partial charge >= 0.3 is 0 Å². The van der Waals surface area contributed by atoms with Crippen LogP contribution in [0.1, 0.15) is 36.2 Å². The van der Waals surface area contributed by atoms with Gasteiger partial charge in [0.1, 0.15) is 5.82 Å².